The smallest absolute Gasteiger partial charge is 0.139 e. The average molecular weight is 254 g/mol. The van der Waals surface area contributed by atoms with E-state index in [9.17, 15) is 9.59 Å². The number of ketones is 2. The summed E-state index contributed by atoms with van der Waals surface area (Å²) in [5.41, 5.74) is -0.353. The van der Waals surface area contributed by atoms with Crippen molar-refractivity contribution >= 4 is 11.6 Å². The van der Waals surface area contributed by atoms with Crippen molar-refractivity contribution in [3.05, 3.63) is 0 Å². The number of carbonyl (C=O) groups excluding carboxylic acids is 2. The minimum absolute atomic E-state index is 0.240. The van der Waals surface area contributed by atoms with Gasteiger partial charge in [0.25, 0.3) is 0 Å². The van der Waals surface area contributed by atoms with Gasteiger partial charge < -0.3 is 0 Å². The molecule has 0 amide bonds. The first kappa shape index (κ1) is 17.3. The van der Waals surface area contributed by atoms with Gasteiger partial charge in [0.1, 0.15) is 11.6 Å². The molecule has 0 heterocycles. The molecule has 0 aliphatic carbocycles. The third-order valence-electron chi connectivity index (χ3n) is 3.74. The van der Waals surface area contributed by atoms with Crippen LogP contribution >= 0.6 is 0 Å². The molecule has 0 aromatic carbocycles. The average Bonchev–Trinajstić information content (AvgIpc) is 2.36. The molecule has 0 fully saturated rings. The van der Waals surface area contributed by atoms with Crippen molar-refractivity contribution in [3.63, 3.8) is 0 Å². The van der Waals surface area contributed by atoms with E-state index >= 15 is 0 Å². The summed E-state index contributed by atoms with van der Waals surface area (Å²) < 4.78 is 0. The normalized spacial score (nSPS) is 14.2. The van der Waals surface area contributed by atoms with Crippen molar-refractivity contribution in [2.45, 2.75) is 85.5 Å². The zero-order valence-electron chi connectivity index (χ0n) is 12.7. The van der Waals surface area contributed by atoms with Gasteiger partial charge in [0.15, 0.2) is 0 Å². The van der Waals surface area contributed by atoms with Crippen LogP contribution in [0.5, 0.6) is 0 Å². The van der Waals surface area contributed by atoms with Crippen LogP contribution in [0, 0.1) is 5.41 Å². The summed E-state index contributed by atoms with van der Waals surface area (Å²) in [5.74, 6) is 0.561. The summed E-state index contributed by atoms with van der Waals surface area (Å²) in [4.78, 5) is 24.3. The van der Waals surface area contributed by atoms with Gasteiger partial charge in [-0.1, -0.05) is 47.0 Å². The van der Waals surface area contributed by atoms with Gasteiger partial charge in [-0.2, -0.15) is 0 Å². The van der Waals surface area contributed by atoms with Gasteiger partial charge in [0.2, 0.25) is 0 Å². The maximum absolute atomic E-state index is 12.5. The van der Waals surface area contributed by atoms with Gasteiger partial charge in [-0.25, -0.2) is 0 Å². The lowest BCUT2D eigenvalue weighted by atomic mass is 9.70. The van der Waals surface area contributed by atoms with Gasteiger partial charge in [-0.15, -0.1) is 0 Å². The van der Waals surface area contributed by atoms with Crippen LogP contribution in [0.25, 0.3) is 0 Å². The van der Waals surface area contributed by atoms with E-state index in [0.717, 1.165) is 38.5 Å². The molecule has 2 nitrogen and oxygen atoms in total. The monoisotopic (exact) mass is 254 g/mol. The molecule has 0 aliphatic heterocycles. The van der Waals surface area contributed by atoms with Crippen LogP contribution in [-0.4, -0.2) is 11.6 Å². The highest BCUT2D eigenvalue weighted by molar-refractivity contribution is 5.90. The minimum atomic E-state index is -0.353. The van der Waals surface area contributed by atoms with Gasteiger partial charge in [-0.3, -0.25) is 9.59 Å². The standard InChI is InChI=1S/C16H30O2/c1-5-9-12-16(11-7-3,13-14(17)8-4)15(18)10-6-2/h5-13H2,1-4H3. The fourth-order valence-electron chi connectivity index (χ4n) is 2.67. The largest absolute Gasteiger partial charge is 0.300 e. The maximum Gasteiger partial charge on any atom is 0.139 e. The number of unbranched alkanes of at least 4 members (excludes halogenated alkanes) is 1. The second-order valence-electron chi connectivity index (χ2n) is 5.38. The molecule has 0 N–H and O–H groups in total. The lowest BCUT2D eigenvalue weighted by molar-refractivity contribution is -0.135. The molecule has 1 atom stereocenters. The Kier molecular flexibility index (Phi) is 8.95. The highest BCUT2D eigenvalue weighted by atomic mass is 16.1. The fraction of sp³-hybridized carbons (Fsp3) is 0.875. The van der Waals surface area contributed by atoms with Crippen LogP contribution in [0.3, 0.4) is 0 Å². The van der Waals surface area contributed by atoms with Crippen molar-refractivity contribution in [2.75, 3.05) is 0 Å². The molecule has 2 heteroatoms. The van der Waals surface area contributed by atoms with Crippen molar-refractivity contribution in [2.24, 2.45) is 5.41 Å². The molecule has 106 valence electrons. The van der Waals surface area contributed by atoms with Crippen LogP contribution in [0.15, 0.2) is 0 Å². The Labute approximate surface area is 113 Å². The third-order valence-corrected chi connectivity index (χ3v) is 3.74. The van der Waals surface area contributed by atoms with E-state index in [1.54, 1.807) is 0 Å². The molecule has 0 aliphatic rings. The number of Topliss-reactive ketones (excluding diaryl/α,β-unsaturated/α-hetero) is 2. The summed E-state index contributed by atoms with van der Waals surface area (Å²) in [6.45, 7) is 8.18. The second-order valence-corrected chi connectivity index (χ2v) is 5.38. The molecule has 1 unspecified atom stereocenters. The zero-order valence-corrected chi connectivity index (χ0v) is 12.7. The van der Waals surface area contributed by atoms with Crippen molar-refractivity contribution in [1.29, 1.82) is 0 Å². The van der Waals surface area contributed by atoms with Crippen LogP contribution < -0.4 is 0 Å². The van der Waals surface area contributed by atoms with E-state index in [-0.39, 0.29) is 11.2 Å². The Morgan fingerprint density at radius 1 is 0.889 bits per heavy atom. The predicted octanol–water partition coefficient (Wildman–Crippen LogP) is 4.70. The van der Waals surface area contributed by atoms with Gasteiger partial charge in [0.05, 0.1) is 0 Å². The Bertz CT molecular complexity index is 258. The molecule has 0 rings (SSSR count). The quantitative estimate of drug-likeness (QED) is 0.535. The summed E-state index contributed by atoms with van der Waals surface area (Å²) >= 11 is 0. The number of carbonyl (C=O) groups is 2. The third kappa shape index (κ3) is 5.32. The Morgan fingerprint density at radius 3 is 2.00 bits per heavy atom. The molecule has 0 saturated heterocycles. The van der Waals surface area contributed by atoms with Crippen molar-refractivity contribution in [1.82, 2.24) is 0 Å². The van der Waals surface area contributed by atoms with Crippen molar-refractivity contribution in [3.8, 4) is 0 Å². The van der Waals surface area contributed by atoms with Gasteiger partial charge in [0, 0.05) is 24.7 Å². The summed E-state index contributed by atoms with van der Waals surface area (Å²) in [7, 11) is 0. The first-order valence-corrected chi connectivity index (χ1v) is 7.61. The van der Waals surface area contributed by atoms with Crippen LogP contribution in [0.2, 0.25) is 0 Å². The first-order chi connectivity index (χ1) is 8.56. The summed E-state index contributed by atoms with van der Waals surface area (Å²) in [6, 6.07) is 0. The van der Waals surface area contributed by atoms with Gasteiger partial charge in [-0.05, 0) is 19.3 Å². The maximum atomic E-state index is 12.5. The highest BCUT2D eigenvalue weighted by Crippen LogP contribution is 2.37. The molecule has 0 aromatic rings. The van der Waals surface area contributed by atoms with E-state index in [1.165, 1.54) is 0 Å². The molecule has 0 aromatic heterocycles. The Balaban J connectivity index is 4.99. The van der Waals surface area contributed by atoms with Crippen LogP contribution in [0.1, 0.15) is 85.5 Å². The lowest BCUT2D eigenvalue weighted by Gasteiger charge is -2.32. The second kappa shape index (κ2) is 9.29. The topological polar surface area (TPSA) is 34.1 Å². The fourth-order valence-corrected chi connectivity index (χ4v) is 2.67. The van der Waals surface area contributed by atoms with Crippen LogP contribution in [0.4, 0.5) is 0 Å². The highest BCUT2D eigenvalue weighted by Gasteiger charge is 2.37. The number of hydrogen-bond acceptors (Lipinski definition) is 2. The Morgan fingerprint density at radius 2 is 1.56 bits per heavy atom. The van der Waals surface area contributed by atoms with Crippen LogP contribution in [-0.2, 0) is 9.59 Å². The molecular weight excluding hydrogens is 224 g/mol. The van der Waals surface area contributed by atoms with E-state index < -0.39 is 0 Å². The summed E-state index contributed by atoms with van der Waals surface area (Å²) in [6.07, 6.45) is 7.41. The SMILES string of the molecule is CCCCC(CCC)(CC(=O)CC)C(=O)CCC. The van der Waals surface area contributed by atoms with E-state index in [2.05, 4.69) is 13.8 Å². The molecule has 0 radical (unpaired) electrons. The Hall–Kier alpha value is -0.660. The lowest BCUT2D eigenvalue weighted by Crippen LogP contribution is -2.33. The molecular formula is C16H30O2. The summed E-state index contributed by atoms with van der Waals surface area (Å²) in [5, 5.41) is 0. The number of hydrogen-bond donors (Lipinski definition) is 0. The van der Waals surface area contributed by atoms with E-state index in [0.29, 0.717) is 25.0 Å². The van der Waals surface area contributed by atoms with Gasteiger partial charge >= 0.3 is 0 Å². The first-order valence-electron chi connectivity index (χ1n) is 7.61. The van der Waals surface area contributed by atoms with E-state index in [1.807, 2.05) is 13.8 Å². The number of rotatable bonds is 11. The molecule has 18 heavy (non-hydrogen) atoms. The molecule has 0 spiro atoms. The van der Waals surface area contributed by atoms with E-state index in [4.69, 9.17) is 0 Å². The minimum Gasteiger partial charge on any atom is -0.300 e. The predicted molar refractivity (Wildman–Crippen MR) is 76.7 cm³/mol. The van der Waals surface area contributed by atoms with Crippen molar-refractivity contribution < 1.29 is 9.59 Å². The zero-order chi connectivity index (χ0) is 14.0. The molecule has 0 saturated carbocycles. The molecule has 0 bridgehead atoms.